The van der Waals surface area contributed by atoms with Gasteiger partial charge in [-0.1, -0.05) is 32.9 Å². The number of nitrogens with zero attached hydrogens (tertiary/aromatic N) is 1. The van der Waals surface area contributed by atoms with Crippen molar-refractivity contribution in [2.24, 2.45) is 5.41 Å². The van der Waals surface area contributed by atoms with Gasteiger partial charge in [0.1, 0.15) is 0 Å². The molecule has 0 aliphatic rings. The first-order valence-corrected chi connectivity index (χ1v) is 6.26. The van der Waals surface area contributed by atoms with Crippen LogP contribution in [0.4, 0.5) is 0 Å². The number of aliphatic hydroxyl groups excluding tert-OH is 1. The summed E-state index contributed by atoms with van der Waals surface area (Å²) in [7, 11) is 0. The number of benzene rings is 1. The van der Waals surface area contributed by atoms with Crippen LogP contribution < -0.4 is 5.32 Å². The van der Waals surface area contributed by atoms with Crippen molar-refractivity contribution in [1.29, 1.82) is 5.26 Å². The van der Waals surface area contributed by atoms with E-state index in [1.54, 1.807) is 0 Å². The van der Waals surface area contributed by atoms with Crippen molar-refractivity contribution >= 4 is 0 Å². The zero-order valence-electron chi connectivity index (χ0n) is 11.6. The average molecular weight is 246 g/mol. The van der Waals surface area contributed by atoms with Crippen molar-refractivity contribution in [2.45, 2.75) is 39.8 Å². The van der Waals surface area contributed by atoms with Crippen LogP contribution in [-0.2, 0) is 0 Å². The van der Waals surface area contributed by atoms with E-state index in [9.17, 15) is 5.11 Å². The normalized spacial score (nSPS) is 14.9. The maximum Gasteiger partial charge on any atom is 0.0991 e. The van der Waals surface area contributed by atoms with Crippen LogP contribution in [0.3, 0.4) is 0 Å². The molecule has 2 atom stereocenters. The van der Waals surface area contributed by atoms with Crippen LogP contribution in [-0.4, -0.2) is 17.8 Å². The summed E-state index contributed by atoms with van der Waals surface area (Å²) >= 11 is 0. The Hall–Kier alpha value is -1.37. The first-order chi connectivity index (χ1) is 8.34. The Morgan fingerprint density at radius 3 is 2.28 bits per heavy atom. The van der Waals surface area contributed by atoms with Gasteiger partial charge in [0.25, 0.3) is 0 Å². The molecule has 0 aliphatic carbocycles. The molecule has 2 N–H and O–H groups in total. The van der Waals surface area contributed by atoms with Crippen molar-refractivity contribution in [3.63, 3.8) is 0 Å². The molecule has 0 heterocycles. The molecular formula is C15H22N2O. The van der Waals surface area contributed by atoms with Crippen molar-refractivity contribution in [3.8, 4) is 6.07 Å². The fraction of sp³-hybridized carbons (Fsp3) is 0.533. The van der Waals surface area contributed by atoms with Gasteiger partial charge in [-0.2, -0.15) is 5.26 Å². The lowest BCUT2D eigenvalue weighted by Crippen LogP contribution is -2.37. The van der Waals surface area contributed by atoms with E-state index in [4.69, 9.17) is 5.26 Å². The highest BCUT2D eigenvalue weighted by atomic mass is 16.3. The Bertz CT molecular complexity index is 412. The van der Waals surface area contributed by atoms with Crippen LogP contribution in [0.5, 0.6) is 0 Å². The van der Waals surface area contributed by atoms with Gasteiger partial charge < -0.3 is 10.4 Å². The van der Waals surface area contributed by atoms with Crippen LogP contribution in [0.15, 0.2) is 24.3 Å². The second-order valence-corrected chi connectivity index (χ2v) is 5.75. The Morgan fingerprint density at radius 1 is 1.28 bits per heavy atom. The molecule has 0 saturated heterocycles. The lowest BCUT2D eigenvalue weighted by atomic mass is 9.89. The lowest BCUT2D eigenvalue weighted by molar-refractivity contribution is 0.0609. The van der Waals surface area contributed by atoms with Gasteiger partial charge in [0.15, 0.2) is 0 Å². The largest absolute Gasteiger partial charge is 0.391 e. The molecule has 0 bridgehead atoms. The molecule has 1 aromatic carbocycles. The quantitative estimate of drug-likeness (QED) is 0.858. The lowest BCUT2D eigenvalue weighted by Gasteiger charge is -2.27. The molecule has 0 spiro atoms. The molecular weight excluding hydrogens is 224 g/mol. The number of hydrogen-bond donors (Lipinski definition) is 2. The Morgan fingerprint density at radius 2 is 1.83 bits per heavy atom. The number of nitriles is 1. The number of aliphatic hydroxyl groups is 1. The van der Waals surface area contributed by atoms with Crippen molar-refractivity contribution in [3.05, 3.63) is 35.4 Å². The molecule has 98 valence electrons. The molecule has 0 aliphatic heterocycles. The molecule has 0 unspecified atom stereocenters. The third-order valence-electron chi connectivity index (χ3n) is 3.16. The van der Waals surface area contributed by atoms with E-state index >= 15 is 0 Å². The van der Waals surface area contributed by atoms with Gasteiger partial charge in [-0.3, -0.25) is 0 Å². The zero-order valence-corrected chi connectivity index (χ0v) is 11.6. The average Bonchev–Trinajstić information content (AvgIpc) is 2.34. The van der Waals surface area contributed by atoms with Crippen molar-refractivity contribution in [2.75, 3.05) is 6.54 Å². The van der Waals surface area contributed by atoms with Crippen molar-refractivity contribution in [1.82, 2.24) is 5.32 Å². The van der Waals surface area contributed by atoms with E-state index in [-0.39, 0.29) is 17.6 Å². The topological polar surface area (TPSA) is 56.0 Å². The van der Waals surface area contributed by atoms with E-state index in [0.717, 1.165) is 5.56 Å². The van der Waals surface area contributed by atoms with Crippen molar-refractivity contribution < 1.29 is 5.11 Å². The second kappa shape index (κ2) is 5.99. The molecule has 0 radical (unpaired) electrons. The Balaban J connectivity index is 2.55. The fourth-order valence-electron chi connectivity index (χ4n) is 1.56. The second-order valence-electron chi connectivity index (χ2n) is 5.75. The van der Waals surface area contributed by atoms with Crippen LogP contribution in [0.2, 0.25) is 0 Å². The minimum Gasteiger partial charge on any atom is -0.391 e. The first kappa shape index (κ1) is 14.7. The molecule has 3 heteroatoms. The molecule has 0 fully saturated rings. The van der Waals surface area contributed by atoms with E-state index < -0.39 is 0 Å². The van der Waals surface area contributed by atoms with Crippen LogP contribution in [0.25, 0.3) is 0 Å². The molecule has 3 nitrogen and oxygen atoms in total. The van der Waals surface area contributed by atoms with Crippen LogP contribution in [0.1, 0.15) is 44.9 Å². The molecule has 1 aromatic rings. The van der Waals surface area contributed by atoms with E-state index in [2.05, 4.69) is 18.3 Å². The summed E-state index contributed by atoms with van der Waals surface area (Å²) < 4.78 is 0. The van der Waals surface area contributed by atoms with Gasteiger partial charge >= 0.3 is 0 Å². The molecule has 0 amide bonds. The van der Waals surface area contributed by atoms with E-state index in [1.807, 2.05) is 45.0 Å². The minimum atomic E-state index is -0.377. The summed E-state index contributed by atoms with van der Waals surface area (Å²) in [6.07, 6.45) is -0.377. The monoisotopic (exact) mass is 246 g/mol. The summed E-state index contributed by atoms with van der Waals surface area (Å²) in [5.41, 5.74) is 1.67. The van der Waals surface area contributed by atoms with Gasteiger partial charge in [-0.05, 0) is 30.0 Å². The summed E-state index contributed by atoms with van der Waals surface area (Å²) in [6, 6.07) is 9.78. The number of hydrogen-bond acceptors (Lipinski definition) is 3. The third-order valence-corrected chi connectivity index (χ3v) is 3.16. The standard InChI is InChI=1S/C15H22N2O/c1-11(17-10-14(18)15(2,3)4)13-7-5-12(9-16)6-8-13/h5-8,11,14,17-18H,10H2,1-4H3/t11-,14+/m0/s1. The minimum absolute atomic E-state index is 0.114. The molecule has 0 saturated carbocycles. The van der Waals surface area contributed by atoms with Gasteiger partial charge in [0.05, 0.1) is 17.7 Å². The summed E-state index contributed by atoms with van der Waals surface area (Å²) in [5, 5.41) is 22.0. The smallest absolute Gasteiger partial charge is 0.0991 e. The Kier molecular flexibility index (Phi) is 4.89. The van der Waals surface area contributed by atoms with Gasteiger partial charge in [-0.15, -0.1) is 0 Å². The molecule has 18 heavy (non-hydrogen) atoms. The third kappa shape index (κ3) is 4.14. The van der Waals surface area contributed by atoms with Gasteiger partial charge in [0.2, 0.25) is 0 Å². The first-order valence-electron chi connectivity index (χ1n) is 6.26. The fourth-order valence-corrected chi connectivity index (χ4v) is 1.56. The highest BCUT2D eigenvalue weighted by Gasteiger charge is 2.22. The van der Waals surface area contributed by atoms with Gasteiger partial charge in [-0.25, -0.2) is 0 Å². The Labute approximate surface area is 109 Å². The highest BCUT2D eigenvalue weighted by molar-refractivity contribution is 5.32. The van der Waals surface area contributed by atoms with E-state index in [1.165, 1.54) is 0 Å². The summed E-state index contributed by atoms with van der Waals surface area (Å²) in [6.45, 7) is 8.67. The number of nitrogens with one attached hydrogen (secondary N) is 1. The van der Waals surface area contributed by atoms with Gasteiger partial charge in [0, 0.05) is 12.6 Å². The highest BCUT2D eigenvalue weighted by Crippen LogP contribution is 2.19. The predicted octanol–water partition coefficient (Wildman–Crippen LogP) is 2.62. The van der Waals surface area contributed by atoms with Crippen LogP contribution >= 0.6 is 0 Å². The predicted molar refractivity (Wildman–Crippen MR) is 73.0 cm³/mol. The maximum absolute atomic E-state index is 9.96. The number of rotatable bonds is 4. The maximum atomic E-state index is 9.96. The van der Waals surface area contributed by atoms with Crippen LogP contribution in [0, 0.1) is 16.7 Å². The molecule has 0 aromatic heterocycles. The SMILES string of the molecule is C[C@H](NC[C@@H](O)C(C)(C)C)c1ccc(C#N)cc1. The molecule has 1 rings (SSSR count). The summed E-state index contributed by atoms with van der Waals surface area (Å²) in [5.74, 6) is 0. The zero-order chi connectivity index (χ0) is 13.8. The summed E-state index contributed by atoms with van der Waals surface area (Å²) in [4.78, 5) is 0. The van der Waals surface area contributed by atoms with E-state index in [0.29, 0.717) is 12.1 Å².